The van der Waals surface area contributed by atoms with E-state index in [9.17, 15) is 25.0 Å². The Balaban J connectivity index is 2.35. The van der Waals surface area contributed by atoms with E-state index in [1.807, 2.05) is 0 Å². The lowest BCUT2D eigenvalue weighted by Gasteiger charge is -2.45. The molecule has 2 amide bonds. The molecule has 2 heterocycles. The topological polar surface area (TPSA) is 160 Å². The summed E-state index contributed by atoms with van der Waals surface area (Å²) in [7, 11) is 0. The molecule has 0 aromatic heterocycles. The van der Waals surface area contributed by atoms with E-state index < -0.39 is 34.9 Å². The van der Waals surface area contributed by atoms with Gasteiger partial charge in [-0.25, -0.2) is 0 Å². The van der Waals surface area contributed by atoms with Gasteiger partial charge in [0.2, 0.25) is 5.66 Å². The van der Waals surface area contributed by atoms with Gasteiger partial charge in [-0.05, 0) is 18.9 Å². The Labute approximate surface area is 125 Å². The molecular weight excluding hydrogens is 298 g/mol. The van der Waals surface area contributed by atoms with Crippen molar-refractivity contribution in [3.05, 3.63) is 12.2 Å². The van der Waals surface area contributed by atoms with E-state index in [0.717, 1.165) is 0 Å². The van der Waals surface area contributed by atoms with Gasteiger partial charge >= 0.3 is 0 Å². The molecule has 0 saturated carbocycles. The van der Waals surface area contributed by atoms with Gasteiger partial charge in [0.1, 0.15) is 11.7 Å². The largest absolute Gasteiger partial charge is 0.396 e. The number of ether oxygens (including phenoxy) is 1. The molecule has 0 aliphatic carbocycles. The first kappa shape index (κ1) is 16.8. The smallest absolute Gasteiger partial charge is 0.278 e. The first-order chi connectivity index (χ1) is 10.2. The van der Waals surface area contributed by atoms with Crippen LogP contribution in [-0.4, -0.2) is 68.6 Å². The highest BCUT2D eigenvalue weighted by Crippen LogP contribution is 2.35. The summed E-state index contributed by atoms with van der Waals surface area (Å²) in [5.41, 5.74) is -4.30. The van der Waals surface area contributed by atoms with Crippen LogP contribution >= 0.6 is 0 Å². The molecule has 0 radical (unpaired) electrons. The number of aliphatic hydroxyl groups is 3. The molecule has 22 heavy (non-hydrogen) atoms. The maximum Gasteiger partial charge on any atom is 0.278 e. The number of hydroxylamine groups is 1. The third kappa shape index (κ3) is 2.12. The van der Waals surface area contributed by atoms with Crippen LogP contribution in [0.1, 0.15) is 13.3 Å². The van der Waals surface area contributed by atoms with Crippen LogP contribution in [0.3, 0.4) is 0 Å². The zero-order valence-electron chi connectivity index (χ0n) is 11.9. The maximum atomic E-state index is 12.4. The minimum Gasteiger partial charge on any atom is -0.396 e. The Morgan fingerprint density at radius 3 is 2.55 bits per heavy atom. The van der Waals surface area contributed by atoms with Crippen molar-refractivity contribution in [1.29, 1.82) is 0 Å². The van der Waals surface area contributed by atoms with E-state index in [-0.39, 0.29) is 25.2 Å². The van der Waals surface area contributed by atoms with E-state index in [0.29, 0.717) is 0 Å². The van der Waals surface area contributed by atoms with Crippen molar-refractivity contribution in [3.8, 4) is 0 Å². The fraction of sp³-hybridized carbons (Fsp3) is 0.667. The van der Waals surface area contributed by atoms with Crippen molar-refractivity contribution in [2.24, 2.45) is 0 Å². The molecule has 0 aromatic carbocycles. The summed E-state index contributed by atoms with van der Waals surface area (Å²) < 4.78 is 5.14. The highest BCUT2D eigenvalue weighted by Gasteiger charge is 2.66. The second-order valence-electron chi connectivity index (χ2n) is 5.63. The molecule has 2 aliphatic rings. The summed E-state index contributed by atoms with van der Waals surface area (Å²) in [4.78, 5) is 24.7. The minimum absolute atomic E-state index is 0.00236. The van der Waals surface area contributed by atoms with Crippen molar-refractivity contribution >= 4 is 11.8 Å². The molecule has 0 bridgehead atoms. The normalized spacial score (nSPS) is 41.4. The Kier molecular flexibility index (Phi) is 4.02. The van der Waals surface area contributed by atoms with Gasteiger partial charge in [-0.1, -0.05) is 6.58 Å². The van der Waals surface area contributed by atoms with Crippen molar-refractivity contribution in [1.82, 2.24) is 16.1 Å². The number of nitrogens with one attached hydrogen (secondary N) is 3. The standard InChI is InChI=1S/C12H19N3O7/c1-6(3-4-16)11(15-21)8(18)14-12(9(19)13-11)7(17)10(2,20)5-22-12/h7,15-17,20-21H,1,3-5H2,2H3,(H,13,19)(H,14,18)/t7?,10-,11+,12?/m0/s1. The van der Waals surface area contributed by atoms with Gasteiger partial charge in [-0.15, -0.1) is 0 Å². The Hall–Kier alpha value is -1.56. The van der Waals surface area contributed by atoms with Gasteiger partial charge in [0.05, 0.1) is 6.61 Å². The number of amides is 2. The third-order valence-electron chi connectivity index (χ3n) is 3.96. The van der Waals surface area contributed by atoms with Crippen molar-refractivity contribution in [2.75, 3.05) is 13.2 Å². The molecule has 124 valence electrons. The molecule has 2 aliphatic heterocycles. The highest BCUT2D eigenvalue weighted by molar-refractivity contribution is 6.03. The van der Waals surface area contributed by atoms with Crippen molar-refractivity contribution < 1.29 is 34.9 Å². The molecule has 2 unspecified atom stereocenters. The predicted octanol–water partition coefficient (Wildman–Crippen LogP) is -3.32. The second-order valence-corrected chi connectivity index (χ2v) is 5.63. The van der Waals surface area contributed by atoms with E-state index in [1.54, 1.807) is 5.48 Å². The minimum atomic E-state index is -2.17. The average molecular weight is 317 g/mol. The summed E-state index contributed by atoms with van der Waals surface area (Å²) in [6.45, 7) is 4.07. The zero-order chi connectivity index (χ0) is 16.8. The van der Waals surface area contributed by atoms with Crippen LogP contribution in [0.15, 0.2) is 12.2 Å². The van der Waals surface area contributed by atoms with Crippen LogP contribution in [0, 0.1) is 0 Å². The van der Waals surface area contributed by atoms with Crippen molar-refractivity contribution in [2.45, 2.75) is 36.4 Å². The van der Waals surface area contributed by atoms with Gasteiger partial charge in [0.25, 0.3) is 17.5 Å². The van der Waals surface area contributed by atoms with Crippen LogP contribution in [-0.2, 0) is 14.3 Å². The fourth-order valence-corrected chi connectivity index (χ4v) is 2.52. The summed E-state index contributed by atoms with van der Waals surface area (Å²) in [6, 6.07) is 0. The third-order valence-corrected chi connectivity index (χ3v) is 3.96. The van der Waals surface area contributed by atoms with E-state index in [2.05, 4.69) is 17.2 Å². The Bertz CT molecular complexity index is 523. The molecule has 10 heteroatoms. The van der Waals surface area contributed by atoms with E-state index >= 15 is 0 Å². The zero-order valence-corrected chi connectivity index (χ0v) is 11.9. The summed E-state index contributed by atoms with van der Waals surface area (Å²) in [6.07, 6.45) is -1.79. The number of hydrogen-bond donors (Lipinski definition) is 7. The molecule has 2 rings (SSSR count). The number of aliphatic hydroxyl groups excluding tert-OH is 2. The maximum absolute atomic E-state index is 12.4. The van der Waals surface area contributed by atoms with Crippen molar-refractivity contribution in [3.63, 3.8) is 0 Å². The quantitative estimate of drug-likeness (QED) is 0.209. The van der Waals surface area contributed by atoms with Gasteiger partial charge < -0.3 is 35.9 Å². The first-order valence-corrected chi connectivity index (χ1v) is 6.56. The lowest BCUT2D eigenvalue weighted by molar-refractivity contribution is -0.178. The van der Waals surface area contributed by atoms with Gasteiger partial charge in [-0.3, -0.25) is 9.59 Å². The van der Waals surface area contributed by atoms with Crippen LogP contribution in [0.2, 0.25) is 0 Å². The van der Waals surface area contributed by atoms with E-state index in [4.69, 9.17) is 9.84 Å². The van der Waals surface area contributed by atoms with Crippen LogP contribution in [0.25, 0.3) is 0 Å². The number of hydrogen-bond acceptors (Lipinski definition) is 8. The fourth-order valence-electron chi connectivity index (χ4n) is 2.52. The van der Waals surface area contributed by atoms with Gasteiger partial charge in [-0.2, -0.15) is 5.48 Å². The number of carbonyl (C=O) groups excluding carboxylic acids is 2. The summed E-state index contributed by atoms with van der Waals surface area (Å²) in [5.74, 6) is -1.93. The Morgan fingerprint density at radius 1 is 1.45 bits per heavy atom. The summed E-state index contributed by atoms with van der Waals surface area (Å²) in [5, 5.41) is 42.7. The molecule has 7 N–H and O–H groups in total. The van der Waals surface area contributed by atoms with Crippen LogP contribution < -0.4 is 16.1 Å². The molecular formula is C12H19N3O7. The van der Waals surface area contributed by atoms with E-state index in [1.165, 1.54) is 6.92 Å². The van der Waals surface area contributed by atoms with Crippen LogP contribution in [0.4, 0.5) is 0 Å². The average Bonchev–Trinajstić information content (AvgIpc) is 2.68. The molecule has 2 saturated heterocycles. The van der Waals surface area contributed by atoms with Gasteiger partial charge in [0.15, 0.2) is 0 Å². The Morgan fingerprint density at radius 2 is 2.09 bits per heavy atom. The highest BCUT2D eigenvalue weighted by atomic mass is 16.6. The first-order valence-electron chi connectivity index (χ1n) is 6.56. The number of carbonyl (C=O) groups is 2. The van der Waals surface area contributed by atoms with Gasteiger partial charge in [0, 0.05) is 6.61 Å². The lowest BCUT2D eigenvalue weighted by Crippen LogP contribution is -2.82. The lowest BCUT2D eigenvalue weighted by atomic mass is 9.88. The predicted molar refractivity (Wildman–Crippen MR) is 70.1 cm³/mol. The molecule has 4 atom stereocenters. The molecule has 0 aromatic rings. The molecule has 2 fully saturated rings. The molecule has 1 spiro atoms. The SMILES string of the molecule is C=C(CCO)[C@]1(NO)NC(=O)C2(NC1=O)OC[C@](C)(O)C2O. The second kappa shape index (κ2) is 5.26. The molecule has 10 nitrogen and oxygen atoms in total. The van der Waals surface area contributed by atoms with Crippen LogP contribution in [0.5, 0.6) is 0 Å². The monoisotopic (exact) mass is 317 g/mol. The number of piperazine rings is 1. The summed E-state index contributed by atoms with van der Waals surface area (Å²) >= 11 is 0. The number of rotatable bonds is 4.